The van der Waals surface area contributed by atoms with Crippen molar-refractivity contribution in [2.75, 3.05) is 12.4 Å². The molecule has 0 unspecified atom stereocenters. The molecule has 2 N–H and O–H groups in total. The molecule has 0 radical (unpaired) electrons. The van der Waals surface area contributed by atoms with Gasteiger partial charge in [-0.1, -0.05) is 12.1 Å². The molecule has 0 spiro atoms. The van der Waals surface area contributed by atoms with Crippen LogP contribution in [-0.2, 0) is 6.54 Å². The molecule has 3 aromatic rings. The summed E-state index contributed by atoms with van der Waals surface area (Å²) in [6, 6.07) is 13.2. The van der Waals surface area contributed by atoms with E-state index < -0.39 is 6.09 Å². The molecular weight excluding hydrogens is 282 g/mol. The third-order valence-electron chi connectivity index (χ3n) is 3.38. The van der Waals surface area contributed by atoms with Gasteiger partial charge in [0.1, 0.15) is 5.75 Å². The number of ether oxygens (including phenoxy) is 1. The lowest BCUT2D eigenvalue weighted by Gasteiger charge is -2.06. The Morgan fingerprint density at radius 1 is 1.27 bits per heavy atom. The molecule has 0 atom stereocenters. The van der Waals surface area contributed by atoms with Gasteiger partial charge in [-0.25, -0.2) is 4.79 Å². The second-order valence-electron chi connectivity index (χ2n) is 4.85. The van der Waals surface area contributed by atoms with Gasteiger partial charge in [-0.2, -0.15) is 5.10 Å². The maximum atomic E-state index is 10.7. The molecular formula is C16H15N3O3. The lowest BCUT2D eigenvalue weighted by molar-refractivity contribution is 0.210. The Morgan fingerprint density at radius 2 is 2.05 bits per heavy atom. The van der Waals surface area contributed by atoms with E-state index in [0.717, 1.165) is 22.2 Å². The van der Waals surface area contributed by atoms with E-state index in [1.54, 1.807) is 25.4 Å². The topological polar surface area (TPSA) is 76.4 Å². The zero-order valence-corrected chi connectivity index (χ0v) is 12.0. The number of rotatable bonds is 4. The Hall–Kier alpha value is -3.02. The quantitative estimate of drug-likeness (QED) is 0.775. The predicted molar refractivity (Wildman–Crippen MR) is 83.5 cm³/mol. The Labute approximate surface area is 126 Å². The molecule has 0 saturated heterocycles. The van der Waals surface area contributed by atoms with Crippen LogP contribution in [0.15, 0.2) is 48.7 Å². The van der Waals surface area contributed by atoms with E-state index >= 15 is 0 Å². The number of hydrogen-bond donors (Lipinski definition) is 2. The number of methoxy groups -OCH3 is 1. The maximum Gasteiger partial charge on any atom is 0.409 e. The molecule has 6 nitrogen and oxygen atoms in total. The van der Waals surface area contributed by atoms with Gasteiger partial charge in [-0.15, -0.1) is 0 Å². The largest absolute Gasteiger partial charge is 0.497 e. The minimum absolute atomic E-state index is 0.531. The van der Waals surface area contributed by atoms with E-state index in [9.17, 15) is 4.79 Å². The van der Waals surface area contributed by atoms with Crippen LogP contribution in [-0.4, -0.2) is 28.1 Å². The van der Waals surface area contributed by atoms with Crippen LogP contribution in [0.25, 0.3) is 10.9 Å². The number of aromatic nitrogens is 2. The molecule has 0 bridgehead atoms. The van der Waals surface area contributed by atoms with Crippen LogP contribution < -0.4 is 10.1 Å². The number of amides is 1. The first-order chi connectivity index (χ1) is 10.7. The summed E-state index contributed by atoms with van der Waals surface area (Å²) in [5, 5.41) is 16.3. The first-order valence-electron chi connectivity index (χ1n) is 6.74. The van der Waals surface area contributed by atoms with Gasteiger partial charge in [-0.3, -0.25) is 10.00 Å². The van der Waals surface area contributed by atoms with Gasteiger partial charge in [0.15, 0.2) is 0 Å². The number of nitrogens with zero attached hydrogens (tertiary/aromatic N) is 2. The third-order valence-corrected chi connectivity index (χ3v) is 3.38. The summed E-state index contributed by atoms with van der Waals surface area (Å²) in [6.45, 7) is 0.638. The highest BCUT2D eigenvalue weighted by Crippen LogP contribution is 2.20. The van der Waals surface area contributed by atoms with E-state index in [4.69, 9.17) is 9.84 Å². The van der Waals surface area contributed by atoms with Crippen molar-refractivity contribution in [3.8, 4) is 5.75 Å². The van der Waals surface area contributed by atoms with Gasteiger partial charge in [0.2, 0.25) is 0 Å². The fraction of sp³-hybridized carbons (Fsp3) is 0.125. The van der Waals surface area contributed by atoms with Crippen molar-refractivity contribution in [1.29, 1.82) is 0 Å². The molecule has 112 valence electrons. The lowest BCUT2D eigenvalue weighted by atomic mass is 10.2. The highest BCUT2D eigenvalue weighted by molar-refractivity contribution is 5.88. The van der Waals surface area contributed by atoms with Gasteiger partial charge >= 0.3 is 6.09 Å². The fourth-order valence-corrected chi connectivity index (χ4v) is 2.32. The number of carboxylic acid groups (broad SMARTS) is 1. The van der Waals surface area contributed by atoms with Gasteiger partial charge in [-0.05, 0) is 35.9 Å². The van der Waals surface area contributed by atoms with E-state index in [-0.39, 0.29) is 0 Å². The molecule has 2 aromatic carbocycles. The SMILES string of the molecule is COc1ccc(Cn2ncc3cc(NC(=O)O)ccc32)cc1. The van der Waals surface area contributed by atoms with Crippen LogP contribution >= 0.6 is 0 Å². The predicted octanol–water partition coefficient (Wildman–Crippen LogP) is 3.18. The standard InChI is InChI=1S/C16H15N3O3/c1-22-14-5-2-11(3-6-14)10-19-15-7-4-13(18-16(20)21)8-12(15)9-17-19/h2-9,18H,10H2,1H3,(H,20,21). The van der Waals surface area contributed by atoms with Gasteiger partial charge in [0.05, 0.1) is 25.4 Å². The average molecular weight is 297 g/mol. The summed E-state index contributed by atoms with van der Waals surface area (Å²) in [5.41, 5.74) is 2.59. The zero-order chi connectivity index (χ0) is 15.5. The Bertz CT molecular complexity index is 809. The normalized spacial score (nSPS) is 10.6. The maximum absolute atomic E-state index is 10.7. The molecule has 1 amide bonds. The zero-order valence-electron chi connectivity index (χ0n) is 12.0. The second kappa shape index (κ2) is 5.77. The van der Waals surface area contributed by atoms with E-state index in [2.05, 4.69) is 10.4 Å². The summed E-state index contributed by atoms with van der Waals surface area (Å²) >= 11 is 0. The lowest BCUT2D eigenvalue weighted by Crippen LogP contribution is -2.07. The molecule has 6 heteroatoms. The number of anilines is 1. The number of nitrogens with one attached hydrogen (secondary N) is 1. The number of fused-ring (bicyclic) bond motifs is 1. The molecule has 0 aliphatic carbocycles. The van der Waals surface area contributed by atoms with Crippen LogP contribution in [0.3, 0.4) is 0 Å². The second-order valence-corrected chi connectivity index (χ2v) is 4.85. The summed E-state index contributed by atoms with van der Waals surface area (Å²) in [7, 11) is 1.64. The molecule has 0 saturated carbocycles. The van der Waals surface area contributed by atoms with Crippen molar-refractivity contribution in [1.82, 2.24) is 9.78 Å². The summed E-state index contributed by atoms with van der Waals surface area (Å²) < 4.78 is 7.02. The summed E-state index contributed by atoms with van der Waals surface area (Å²) in [5.74, 6) is 0.818. The van der Waals surface area contributed by atoms with Gasteiger partial charge < -0.3 is 9.84 Å². The van der Waals surface area contributed by atoms with E-state index in [0.29, 0.717) is 12.2 Å². The smallest absolute Gasteiger partial charge is 0.409 e. The van der Waals surface area contributed by atoms with Crippen molar-refractivity contribution < 1.29 is 14.6 Å². The summed E-state index contributed by atoms with van der Waals surface area (Å²) in [4.78, 5) is 10.7. The molecule has 0 fully saturated rings. The Balaban J connectivity index is 1.86. The van der Waals surface area contributed by atoms with Crippen molar-refractivity contribution in [3.63, 3.8) is 0 Å². The minimum Gasteiger partial charge on any atom is -0.497 e. The molecule has 1 heterocycles. The van der Waals surface area contributed by atoms with Gasteiger partial charge in [0.25, 0.3) is 0 Å². The fourth-order valence-electron chi connectivity index (χ4n) is 2.32. The van der Waals surface area contributed by atoms with Crippen molar-refractivity contribution in [2.45, 2.75) is 6.54 Å². The van der Waals surface area contributed by atoms with Crippen LogP contribution in [0.2, 0.25) is 0 Å². The number of carbonyl (C=O) groups is 1. The van der Waals surface area contributed by atoms with Crippen LogP contribution in [0.4, 0.5) is 10.5 Å². The first-order valence-corrected chi connectivity index (χ1v) is 6.74. The molecule has 0 aliphatic rings. The highest BCUT2D eigenvalue weighted by Gasteiger charge is 2.06. The van der Waals surface area contributed by atoms with Crippen molar-refractivity contribution in [2.24, 2.45) is 0 Å². The van der Waals surface area contributed by atoms with Crippen LogP contribution in [0.1, 0.15) is 5.56 Å². The third kappa shape index (κ3) is 2.85. The molecule has 3 rings (SSSR count). The Morgan fingerprint density at radius 3 is 2.73 bits per heavy atom. The first kappa shape index (κ1) is 13.9. The monoisotopic (exact) mass is 297 g/mol. The van der Waals surface area contributed by atoms with Crippen molar-refractivity contribution >= 4 is 22.7 Å². The van der Waals surface area contributed by atoms with Crippen LogP contribution in [0, 0.1) is 0 Å². The van der Waals surface area contributed by atoms with E-state index in [1.807, 2.05) is 35.0 Å². The number of benzene rings is 2. The number of hydrogen-bond acceptors (Lipinski definition) is 3. The van der Waals surface area contributed by atoms with Gasteiger partial charge in [0, 0.05) is 11.1 Å². The molecule has 22 heavy (non-hydrogen) atoms. The minimum atomic E-state index is -1.08. The summed E-state index contributed by atoms with van der Waals surface area (Å²) in [6.07, 6.45) is 0.649. The molecule has 0 aliphatic heterocycles. The van der Waals surface area contributed by atoms with Crippen LogP contribution in [0.5, 0.6) is 5.75 Å². The average Bonchev–Trinajstić information content (AvgIpc) is 2.90. The molecule has 1 aromatic heterocycles. The van der Waals surface area contributed by atoms with E-state index in [1.165, 1.54) is 0 Å². The van der Waals surface area contributed by atoms with Crippen molar-refractivity contribution in [3.05, 3.63) is 54.2 Å². The Kier molecular flexibility index (Phi) is 3.65. The highest BCUT2D eigenvalue weighted by atomic mass is 16.5.